The van der Waals surface area contributed by atoms with Crippen LogP contribution in [0.2, 0.25) is 0 Å². The summed E-state index contributed by atoms with van der Waals surface area (Å²) in [5.41, 5.74) is -2.88. The fourth-order valence-electron chi connectivity index (χ4n) is 5.01. The van der Waals surface area contributed by atoms with Gasteiger partial charge >= 0.3 is 18.3 Å². The molecule has 4 aromatic rings. The van der Waals surface area contributed by atoms with E-state index in [9.17, 15) is 28.3 Å². The maximum atomic E-state index is 14.1. The summed E-state index contributed by atoms with van der Waals surface area (Å²) < 4.78 is 50.8. The van der Waals surface area contributed by atoms with Gasteiger partial charge in [0.1, 0.15) is 28.5 Å². The quantitative estimate of drug-likeness (QED) is 0.276. The van der Waals surface area contributed by atoms with Gasteiger partial charge in [0.2, 0.25) is 5.89 Å². The van der Waals surface area contributed by atoms with Crippen molar-refractivity contribution in [1.82, 2.24) is 14.1 Å². The molecule has 1 atom stereocenters. The van der Waals surface area contributed by atoms with Gasteiger partial charge in [-0.05, 0) is 45.2 Å². The number of fused-ring (bicyclic) bond motifs is 1. The maximum absolute atomic E-state index is 14.1. The van der Waals surface area contributed by atoms with Crippen LogP contribution in [0.15, 0.2) is 50.7 Å². The molecular weight excluding hydrogens is 576 g/mol. The monoisotopic (exact) mass is 605 g/mol. The molecule has 0 aliphatic carbocycles. The first-order valence-electron chi connectivity index (χ1n) is 13.2. The van der Waals surface area contributed by atoms with Gasteiger partial charge in [0.15, 0.2) is 0 Å². The fourth-order valence-corrected chi connectivity index (χ4v) is 6.25. The Morgan fingerprint density at radius 3 is 2.60 bits per heavy atom. The minimum Gasteiger partial charge on any atom is -0.480 e. The maximum Gasteiger partial charge on any atom is 0.387 e. The molecule has 42 heavy (non-hydrogen) atoms. The van der Waals surface area contributed by atoms with E-state index in [0.29, 0.717) is 41.1 Å². The van der Waals surface area contributed by atoms with E-state index >= 15 is 0 Å². The number of aryl methyl sites for hydroxylation is 1. The summed E-state index contributed by atoms with van der Waals surface area (Å²) in [5.74, 6) is -1.29. The first-order chi connectivity index (χ1) is 20.0. The summed E-state index contributed by atoms with van der Waals surface area (Å²) in [5, 5.41) is 10.1. The number of benzene rings is 1. The predicted molar refractivity (Wildman–Crippen MR) is 148 cm³/mol. The molecule has 1 aromatic carbocycles. The molecule has 1 fully saturated rings. The number of oxazole rings is 1. The van der Waals surface area contributed by atoms with Crippen molar-refractivity contribution >= 4 is 27.5 Å². The first kappa shape index (κ1) is 29.6. The van der Waals surface area contributed by atoms with Gasteiger partial charge in [0.05, 0.1) is 29.1 Å². The number of carboxylic acid groups (broad SMARTS) is 1. The van der Waals surface area contributed by atoms with E-state index in [1.54, 1.807) is 19.1 Å². The number of nitrogens with zero attached hydrogens (tertiary/aromatic N) is 3. The van der Waals surface area contributed by atoms with E-state index in [0.717, 1.165) is 11.3 Å². The van der Waals surface area contributed by atoms with Gasteiger partial charge in [-0.1, -0.05) is 18.2 Å². The molecule has 0 spiro atoms. The number of halogens is 2. The molecular formula is C28H29F2N3O8S. The lowest BCUT2D eigenvalue weighted by Crippen LogP contribution is -2.52. The van der Waals surface area contributed by atoms with Crippen molar-refractivity contribution in [2.75, 3.05) is 13.2 Å². The number of ether oxygens (including phenoxy) is 3. The van der Waals surface area contributed by atoms with E-state index in [2.05, 4.69) is 4.98 Å². The van der Waals surface area contributed by atoms with Gasteiger partial charge in [0, 0.05) is 18.8 Å². The van der Waals surface area contributed by atoms with Crippen LogP contribution in [-0.4, -0.2) is 51.1 Å². The Bertz CT molecular complexity index is 1700. The summed E-state index contributed by atoms with van der Waals surface area (Å²) in [6.07, 6.45) is 2.58. The molecule has 11 nitrogen and oxygen atoms in total. The fraction of sp³-hybridized carbons (Fsp3) is 0.429. The summed E-state index contributed by atoms with van der Waals surface area (Å²) in [4.78, 5) is 45.0. The zero-order valence-electron chi connectivity index (χ0n) is 23.0. The van der Waals surface area contributed by atoms with Crippen LogP contribution in [0.4, 0.5) is 8.78 Å². The Morgan fingerprint density at radius 1 is 1.24 bits per heavy atom. The Labute approximate surface area is 241 Å². The number of carbonyl (C=O) groups is 1. The van der Waals surface area contributed by atoms with Crippen LogP contribution in [-0.2, 0) is 26.4 Å². The summed E-state index contributed by atoms with van der Waals surface area (Å²) >= 11 is 1.08. The van der Waals surface area contributed by atoms with Gasteiger partial charge in [-0.3, -0.25) is 9.36 Å². The van der Waals surface area contributed by atoms with Crippen molar-refractivity contribution in [3.8, 4) is 16.5 Å². The largest absolute Gasteiger partial charge is 0.480 e. The number of rotatable bonds is 10. The summed E-state index contributed by atoms with van der Waals surface area (Å²) in [6.45, 7) is 1.72. The molecule has 0 unspecified atom stereocenters. The zero-order valence-corrected chi connectivity index (χ0v) is 23.9. The standard InChI is InChI=1S/C28H29F2N3O8S/c1-15-20-23(34)33(28(2,3)25(35)36)27(37)32(24(20)42-21(15)22-31-10-13-39-22)14-19(40-16-8-11-38-12-9-16)17-6-4-5-7-18(17)41-26(29)30/h4-7,10,13,16,19,26H,8-9,11-12,14H2,1-3H3,(H,35,36)/t19-/m1/s1. The third kappa shape index (κ3) is 5.49. The smallest absolute Gasteiger partial charge is 0.387 e. The van der Waals surface area contributed by atoms with Crippen LogP contribution >= 0.6 is 11.3 Å². The van der Waals surface area contributed by atoms with Crippen LogP contribution in [0.1, 0.15) is 43.9 Å². The van der Waals surface area contributed by atoms with Crippen molar-refractivity contribution in [1.29, 1.82) is 0 Å². The van der Waals surface area contributed by atoms with E-state index in [-0.39, 0.29) is 40.1 Å². The topological polar surface area (TPSA) is 135 Å². The van der Waals surface area contributed by atoms with Crippen molar-refractivity contribution in [3.05, 3.63) is 68.7 Å². The molecule has 5 rings (SSSR count). The zero-order chi connectivity index (χ0) is 30.2. The molecule has 0 amide bonds. The molecule has 1 saturated heterocycles. The van der Waals surface area contributed by atoms with Crippen molar-refractivity contribution in [3.63, 3.8) is 0 Å². The highest BCUT2D eigenvalue weighted by molar-refractivity contribution is 7.22. The number of hydrogen-bond acceptors (Lipinski definition) is 9. The van der Waals surface area contributed by atoms with Gasteiger partial charge in [-0.15, -0.1) is 11.3 Å². The van der Waals surface area contributed by atoms with Gasteiger partial charge in [-0.2, -0.15) is 8.78 Å². The number of para-hydroxylation sites is 1. The highest BCUT2D eigenvalue weighted by Gasteiger charge is 2.36. The lowest BCUT2D eigenvalue weighted by atomic mass is 10.0. The van der Waals surface area contributed by atoms with Crippen LogP contribution in [0, 0.1) is 6.92 Å². The number of aliphatic carboxylic acids is 1. The van der Waals surface area contributed by atoms with Gasteiger partial charge in [0.25, 0.3) is 5.56 Å². The first-order valence-corrected chi connectivity index (χ1v) is 14.0. The summed E-state index contributed by atoms with van der Waals surface area (Å²) in [7, 11) is 0. The van der Waals surface area contributed by atoms with E-state index in [4.69, 9.17) is 18.6 Å². The third-order valence-electron chi connectivity index (χ3n) is 7.28. The third-order valence-corrected chi connectivity index (χ3v) is 8.58. The normalized spacial score (nSPS) is 15.4. The number of carboxylic acids is 1. The Hall–Kier alpha value is -3.88. The van der Waals surface area contributed by atoms with Gasteiger partial charge < -0.3 is 23.7 Å². The molecule has 0 bridgehead atoms. The SMILES string of the molecule is Cc1c(-c2ncco2)sc2c1c(=O)n(C(C)(C)C(=O)O)c(=O)n2C[C@@H](OC1CCOCC1)c1ccccc1OC(F)F. The van der Waals surface area contributed by atoms with Crippen molar-refractivity contribution < 1.29 is 37.3 Å². The highest BCUT2D eigenvalue weighted by atomic mass is 32.1. The number of thiophene rings is 1. The minimum atomic E-state index is -3.11. The Kier molecular flexibility index (Phi) is 8.30. The highest BCUT2D eigenvalue weighted by Crippen LogP contribution is 2.38. The van der Waals surface area contributed by atoms with E-state index in [1.807, 2.05) is 0 Å². The number of aromatic nitrogens is 3. The molecule has 1 N–H and O–H groups in total. The molecule has 1 aliphatic rings. The Balaban J connectivity index is 1.75. The molecule has 3 aromatic heterocycles. The minimum absolute atomic E-state index is 0.115. The number of hydrogen-bond donors (Lipinski definition) is 1. The second-order valence-electron chi connectivity index (χ2n) is 10.3. The molecule has 4 heterocycles. The molecule has 1 aliphatic heterocycles. The second kappa shape index (κ2) is 11.8. The van der Waals surface area contributed by atoms with Crippen LogP contribution in [0.3, 0.4) is 0 Å². The molecule has 224 valence electrons. The van der Waals surface area contributed by atoms with Crippen LogP contribution < -0.4 is 16.0 Å². The molecule has 0 saturated carbocycles. The van der Waals surface area contributed by atoms with Crippen molar-refractivity contribution in [2.24, 2.45) is 0 Å². The summed E-state index contributed by atoms with van der Waals surface area (Å²) in [6, 6.07) is 6.12. The van der Waals surface area contributed by atoms with E-state index in [1.165, 1.54) is 43.0 Å². The molecule has 14 heteroatoms. The van der Waals surface area contributed by atoms with Crippen molar-refractivity contribution in [2.45, 2.75) is 64.5 Å². The van der Waals surface area contributed by atoms with Crippen LogP contribution in [0.25, 0.3) is 21.0 Å². The average Bonchev–Trinajstić information content (AvgIpc) is 3.59. The average molecular weight is 606 g/mol. The van der Waals surface area contributed by atoms with E-state index < -0.39 is 35.5 Å². The second-order valence-corrected chi connectivity index (χ2v) is 11.3. The molecule has 0 radical (unpaired) electrons. The Morgan fingerprint density at radius 2 is 1.95 bits per heavy atom. The lowest BCUT2D eigenvalue weighted by Gasteiger charge is -2.30. The predicted octanol–water partition coefficient (Wildman–Crippen LogP) is 4.55. The van der Waals surface area contributed by atoms with Crippen LogP contribution in [0.5, 0.6) is 5.75 Å². The van der Waals surface area contributed by atoms with Gasteiger partial charge in [-0.25, -0.2) is 19.1 Å². The number of alkyl halides is 2. The lowest BCUT2D eigenvalue weighted by molar-refractivity contribution is -0.146.